The molecule has 0 aromatic carbocycles. The van der Waals surface area contributed by atoms with Gasteiger partial charge < -0.3 is 0 Å². The second-order valence-corrected chi connectivity index (χ2v) is 4.51. The van der Waals surface area contributed by atoms with Crippen LogP contribution in [0.2, 0.25) is 0 Å². The zero-order valence-corrected chi connectivity index (χ0v) is 9.52. The standard InChI is InChI=1S/C10H8BrNS/c1-7-5-6-13-10(7)8-3-2-4-9(11)12-8/h2-6H,1H3. The smallest absolute Gasteiger partial charge is 0.106 e. The summed E-state index contributed by atoms with van der Waals surface area (Å²) in [5.74, 6) is 0. The van der Waals surface area contributed by atoms with Crippen LogP contribution in [0, 0.1) is 6.92 Å². The van der Waals surface area contributed by atoms with Crippen LogP contribution in [0.4, 0.5) is 0 Å². The maximum atomic E-state index is 4.40. The van der Waals surface area contributed by atoms with E-state index in [0.717, 1.165) is 10.3 Å². The molecule has 66 valence electrons. The molecule has 2 aromatic rings. The summed E-state index contributed by atoms with van der Waals surface area (Å²) >= 11 is 5.09. The summed E-state index contributed by atoms with van der Waals surface area (Å²) in [7, 11) is 0. The third-order valence-corrected chi connectivity index (χ3v) is 3.29. The number of nitrogens with zero attached hydrogens (tertiary/aromatic N) is 1. The van der Waals surface area contributed by atoms with E-state index in [4.69, 9.17) is 0 Å². The van der Waals surface area contributed by atoms with Crippen LogP contribution in [0.3, 0.4) is 0 Å². The molecule has 2 aromatic heterocycles. The first-order chi connectivity index (χ1) is 6.27. The Bertz CT molecular complexity index is 422. The van der Waals surface area contributed by atoms with Crippen molar-refractivity contribution in [2.24, 2.45) is 0 Å². The van der Waals surface area contributed by atoms with E-state index in [9.17, 15) is 0 Å². The molecule has 0 unspecified atom stereocenters. The molecule has 2 heterocycles. The Morgan fingerprint density at radius 3 is 2.77 bits per heavy atom. The molecule has 0 aliphatic rings. The minimum atomic E-state index is 0.887. The van der Waals surface area contributed by atoms with Crippen molar-refractivity contribution in [2.45, 2.75) is 6.92 Å². The fourth-order valence-electron chi connectivity index (χ4n) is 1.17. The first-order valence-electron chi connectivity index (χ1n) is 3.94. The molecule has 0 N–H and O–H groups in total. The lowest BCUT2D eigenvalue weighted by Crippen LogP contribution is -1.81. The third kappa shape index (κ3) is 1.81. The van der Waals surface area contributed by atoms with Crippen LogP contribution in [-0.2, 0) is 0 Å². The van der Waals surface area contributed by atoms with Crippen molar-refractivity contribution < 1.29 is 0 Å². The molecule has 2 rings (SSSR count). The lowest BCUT2D eigenvalue weighted by atomic mass is 10.2. The van der Waals surface area contributed by atoms with Gasteiger partial charge in [0, 0.05) is 0 Å². The summed E-state index contributed by atoms with van der Waals surface area (Å²) < 4.78 is 0.887. The lowest BCUT2D eigenvalue weighted by Gasteiger charge is -1.98. The highest BCUT2D eigenvalue weighted by molar-refractivity contribution is 9.10. The SMILES string of the molecule is Cc1ccsc1-c1cccc(Br)n1. The molecule has 0 amide bonds. The van der Waals surface area contributed by atoms with Crippen LogP contribution in [0.15, 0.2) is 34.2 Å². The molecule has 13 heavy (non-hydrogen) atoms. The Kier molecular flexibility index (Phi) is 2.47. The van der Waals surface area contributed by atoms with Gasteiger partial charge in [-0.3, -0.25) is 0 Å². The molecule has 0 fully saturated rings. The van der Waals surface area contributed by atoms with Crippen LogP contribution < -0.4 is 0 Å². The summed E-state index contributed by atoms with van der Waals surface area (Å²) in [6, 6.07) is 8.09. The van der Waals surface area contributed by atoms with E-state index in [1.807, 2.05) is 18.2 Å². The van der Waals surface area contributed by atoms with E-state index in [0.29, 0.717) is 0 Å². The average Bonchev–Trinajstić information content (AvgIpc) is 2.51. The Labute approximate surface area is 89.6 Å². The van der Waals surface area contributed by atoms with Crippen molar-refractivity contribution >= 4 is 27.3 Å². The average molecular weight is 254 g/mol. The monoisotopic (exact) mass is 253 g/mol. The lowest BCUT2D eigenvalue weighted by molar-refractivity contribution is 1.28. The molecular weight excluding hydrogens is 246 g/mol. The number of hydrogen-bond acceptors (Lipinski definition) is 2. The zero-order valence-electron chi connectivity index (χ0n) is 7.12. The normalized spacial score (nSPS) is 10.3. The van der Waals surface area contributed by atoms with Gasteiger partial charge in [0.1, 0.15) is 4.60 Å². The number of aromatic nitrogens is 1. The maximum Gasteiger partial charge on any atom is 0.106 e. The third-order valence-electron chi connectivity index (χ3n) is 1.81. The number of hydrogen-bond donors (Lipinski definition) is 0. The van der Waals surface area contributed by atoms with Crippen molar-refractivity contribution in [3.63, 3.8) is 0 Å². The molecule has 0 aliphatic carbocycles. The quantitative estimate of drug-likeness (QED) is 0.704. The molecular formula is C10H8BrNS. The molecule has 0 radical (unpaired) electrons. The van der Waals surface area contributed by atoms with Gasteiger partial charge in [0.05, 0.1) is 10.6 Å². The number of pyridine rings is 1. The molecule has 0 atom stereocenters. The number of rotatable bonds is 1. The van der Waals surface area contributed by atoms with Gasteiger partial charge in [-0.25, -0.2) is 4.98 Å². The van der Waals surface area contributed by atoms with E-state index in [1.54, 1.807) is 11.3 Å². The van der Waals surface area contributed by atoms with Crippen LogP contribution in [0.5, 0.6) is 0 Å². The summed E-state index contributed by atoms with van der Waals surface area (Å²) in [6.07, 6.45) is 0. The van der Waals surface area contributed by atoms with Gasteiger partial charge >= 0.3 is 0 Å². The molecule has 0 spiro atoms. The predicted molar refractivity (Wildman–Crippen MR) is 60.0 cm³/mol. The van der Waals surface area contributed by atoms with Gasteiger partial charge in [-0.2, -0.15) is 0 Å². The highest BCUT2D eigenvalue weighted by atomic mass is 79.9. The van der Waals surface area contributed by atoms with Crippen molar-refractivity contribution in [1.29, 1.82) is 0 Å². The number of halogens is 1. The number of thiophene rings is 1. The molecule has 0 bridgehead atoms. The van der Waals surface area contributed by atoms with Crippen LogP contribution in [-0.4, -0.2) is 4.98 Å². The maximum absolute atomic E-state index is 4.40. The fourth-order valence-corrected chi connectivity index (χ4v) is 2.41. The summed E-state index contributed by atoms with van der Waals surface area (Å²) in [6.45, 7) is 2.11. The first-order valence-corrected chi connectivity index (χ1v) is 5.61. The minimum Gasteiger partial charge on any atom is -0.240 e. The largest absolute Gasteiger partial charge is 0.240 e. The Balaban J connectivity index is 2.53. The van der Waals surface area contributed by atoms with E-state index in [2.05, 4.69) is 39.3 Å². The second kappa shape index (κ2) is 3.60. The van der Waals surface area contributed by atoms with Gasteiger partial charge in [0.15, 0.2) is 0 Å². The second-order valence-electron chi connectivity index (χ2n) is 2.78. The molecule has 0 saturated heterocycles. The predicted octanol–water partition coefficient (Wildman–Crippen LogP) is 3.88. The van der Waals surface area contributed by atoms with Gasteiger partial charge in [0.2, 0.25) is 0 Å². The van der Waals surface area contributed by atoms with Crippen molar-refractivity contribution in [3.05, 3.63) is 39.8 Å². The van der Waals surface area contributed by atoms with Crippen molar-refractivity contribution in [3.8, 4) is 10.6 Å². The van der Waals surface area contributed by atoms with E-state index in [-0.39, 0.29) is 0 Å². The van der Waals surface area contributed by atoms with Gasteiger partial charge in [-0.1, -0.05) is 6.07 Å². The van der Waals surface area contributed by atoms with Gasteiger partial charge in [-0.15, -0.1) is 11.3 Å². The van der Waals surface area contributed by atoms with Crippen LogP contribution >= 0.6 is 27.3 Å². The Morgan fingerprint density at radius 2 is 2.15 bits per heavy atom. The minimum absolute atomic E-state index is 0.887. The molecule has 3 heteroatoms. The topological polar surface area (TPSA) is 12.9 Å². The Hall–Kier alpha value is -0.670. The van der Waals surface area contributed by atoms with Crippen molar-refractivity contribution in [2.75, 3.05) is 0 Å². The number of aryl methyl sites for hydroxylation is 1. The highest BCUT2D eigenvalue weighted by Crippen LogP contribution is 2.27. The molecule has 1 nitrogen and oxygen atoms in total. The summed E-state index contributed by atoms with van der Waals surface area (Å²) in [5, 5.41) is 2.09. The molecule has 0 aliphatic heterocycles. The Morgan fingerprint density at radius 1 is 1.31 bits per heavy atom. The fraction of sp³-hybridized carbons (Fsp3) is 0.100. The first kappa shape index (κ1) is 8.91. The highest BCUT2D eigenvalue weighted by Gasteiger charge is 2.03. The van der Waals surface area contributed by atoms with Crippen LogP contribution in [0.1, 0.15) is 5.56 Å². The van der Waals surface area contributed by atoms with Gasteiger partial charge in [-0.05, 0) is 52.0 Å². The molecule has 0 saturated carbocycles. The van der Waals surface area contributed by atoms with Crippen LogP contribution in [0.25, 0.3) is 10.6 Å². The summed E-state index contributed by atoms with van der Waals surface area (Å²) in [4.78, 5) is 5.65. The van der Waals surface area contributed by atoms with Gasteiger partial charge in [0.25, 0.3) is 0 Å². The summed E-state index contributed by atoms with van der Waals surface area (Å²) in [5.41, 5.74) is 2.33. The van der Waals surface area contributed by atoms with E-state index >= 15 is 0 Å². The van der Waals surface area contributed by atoms with E-state index < -0.39 is 0 Å². The zero-order chi connectivity index (χ0) is 9.26. The van der Waals surface area contributed by atoms with E-state index in [1.165, 1.54) is 10.4 Å². The van der Waals surface area contributed by atoms with Crippen molar-refractivity contribution in [1.82, 2.24) is 4.98 Å².